The van der Waals surface area contributed by atoms with Gasteiger partial charge in [0.2, 0.25) is 0 Å². The lowest BCUT2D eigenvalue weighted by molar-refractivity contribution is 0.0505. The van der Waals surface area contributed by atoms with Crippen molar-refractivity contribution in [2.24, 2.45) is 0 Å². The maximum absolute atomic E-state index is 12.1. The van der Waals surface area contributed by atoms with Crippen LogP contribution in [-0.2, 0) is 11.2 Å². The van der Waals surface area contributed by atoms with Gasteiger partial charge >= 0.3 is 5.97 Å². The van der Waals surface area contributed by atoms with Gasteiger partial charge < -0.3 is 14.8 Å². The molecule has 1 aliphatic rings. The first-order valence-corrected chi connectivity index (χ1v) is 7.42. The monoisotopic (exact) mass is 289 g/mol. The molecule has 20 heavy (non-hydrogen) atoms. The van der Waals surface area contributed by atoms with Crippen LogP contribution >= 0.6 is 11.3 Å². The van der Waals surface area contributed by atoms with Crippen LogP contribution in [0.25, 0.3) is 0 Å². The second-order valence-electron chi connectivity index (χ2n) is 4.42. The highest BCUT2D eigenvalue weighted by molar-refractivity contribution is 7.09. The number of rotatable bonds is 4. The average Bonchev–Trinajstić information content (AvgIpc) is 3.00. The van der Waals surface area contributed by atoms with Gasteiger partial charge in [0.1, 0.15) is 12.2 Å². The zero-order valence-electron chi connectivity index (χ0n) is 10.9. The number of fused-ring (bicyclic) bond motifs is 1. The lowest BCUT2D eigenvalue weighted by Gasteiger charge is -2.21. The number of hydrogen-bond donors (Lipinski definition) is 1. The van der Waals surface area contributed by atoms with Crippen molar-refractivity contribution in [3.05, 3.63) is 46.2 Å². The molecule has 2 aromatic rings. The van der Waals surface area contributed by atoms with Gasteiger partial charge in [0.15, 0.2) is 5.75 Å². The fourth-order valence-electron chi connectivity index (χ4n) is 2.11. The molecule has 104 valence electrons. The molecular weight excluding hydrogens is 274 g/mol. The molecule has 0 atom stereocenters. The van der Waals surface area contributed by atoms with Gasteiger partial charge in [0, 0.05) is 17.8 Å². The quantitative estimate of drug-likeness (QED) is 0.879. The number of ether oxygens (including phenoxy) is 2. The lowest BCUT2D eigenvalue weighted by atomic mass is 10.1. The highest BCUT2D eigenvalue weighted by Crippen LogP contribution is 2.31. The number of carbonyl (C=O) groups excluding carboxylic acids is 1. The topological polar surface area (TPSA) is 47.6 Å². The predicted octanol–water partition coefficient (Wildman–Crippen LogP) is 2.95. The zero-order chi connectivity index (χ0) is 13.8. The summed E-state index contributed by atoms with van der Waals surface area (Å²) >= 11 is 1.67. The molecule has 0 aliphatic carbocycles. The molecule has 0 saturated carbocycles. The Morgan fingerprint density at radius 1 is 1.35 bits per heavy atom. The Balaban J connectivity index is 1.65. The van der Waals surface area contributed by atoms with Gasteiger partial charge in [-0.05, 0) is 23.6 Å². The van der Waals surface area contributed by atoms with Crippen molar-refractivity contribution in [3.8, 4) is 5.75 Å². The summed E-state index contributed by atoms with van der Waals surface area (Å²) in [4.78, 5) is 13.3. The molecule has 0 spiro atoms. The number of anilines is 1. The molecule has 0 saturated heterocycles. The molecule has 3 rings (SSSR count). The minimum absolute atomic E-state index is 0.331. The SMILES string of the molecule is O=C(OCCc1cccs1)c1cccc2c1OCCN2. The van der Waals surface area contributed by atoms with Gasteiger partial charge in [0.25, 0.3) is 0 Å². The summed E-state index contributed by atoms with van der Waals surface area (Å²) in [5, 5.41) is 5.22. The third-order valence-corrected chi connectivity index (χ3v) is 4.00. The van der Waals surface area contributed by atoms with E-state index in [1.807, 2.05) is 29.6 Å². The van der Waals surface area contributed by atoms with Gasteiger partial charge in [-0.3, -0.25) is 0 Å². The Labute approximate surface area is 121 Å². The normalized spacial score (nSPS) is 13.0. The number of thiophene rings is 1. The predicted molar refractivity (Wildman–Crippen MR) is 78.7 cm³/mol. The number of nitrogens with one attached hydrogen (secondary N) is 1. The summed E-state index contributed by atoms with van der Waals surface area (Å²) < 4.78 is 10.9. The molecule has 0 amide bonds. The summed E-state index contributed by atoms with van der Waals surface area (Å²) in [6, 6.07) is 9.50. The van der Waals surface area contributed by atoms with E-state index >= 15 is 0 Å². The first kappa shape index (κ1) is 13.0. The van der Waals surface area contributed by atoms with Crippen LogP contribution in [0.5, 0.6) is 5.75 Å². The summed E-state index contributed by atoms with van der Waals surface area (Å²) in [6.07, 6.45) is 0.748. The third-order valence-electron chi connectivity index (χ3n) is 3.06. The van der Waals surface area contributed by atoms with E-state index in [0.717, 1.165) is 18.7 Å². The minimum atomic E-state index is -0.331. The number of hydrogen-bond acceptors (Lipinski definition) is 5. The Morgan fingerprint density at radius 2 is 2.30 bits per heavy atom. The molecule has 1 N–H and O–H groups in total. The second-order valence-corrected chi connectivity index (χ2v) is 5.46. The van der Waals surface area contributed by atoms with Crippen LogP contribution in [-0.4, -0.2) is 25.7 Å². The number of benzene rings is 1. The van der Waals surface area contributed by atoms with Gasteiger partial charge in [-0.15, -0.1) is 11.3 Å². The smallest absolute Gasteiger partial charge is 0.342 e. The lowest BCUT2D eigenvalue weighted by Crippen LogP contribution is -2.20. The largest absolute Gasteiger partial charge is 0.489 e. The van der Waals surface area contributed by atoms with E-state index in [-0.39, 0.29) is 5.97 Å². The van der Waals surface area contributed by atoms with Crippen LogP contribution in [0.1, 0.15) is 15.2 Å². The van der Waals surface area contributed by atoms with Crippen molar-refractivity contribution in [2.45, 2.75) is 6.42 Å². The Kier molecular flexibility index (Phi) is 3.87. The van der Waals surface area contributed by atoms with Crippen LogP contribution < -0.4 is 10.1 Å². The fraction of sp³-hybridized carbons (Fsp3) is 0.267. The van der Waals surface area contributed by atoms with Crippen LogP contribution in [0, 0.1) is 0 Å². The van der Waals surface area contributed by atoms with Gasteiger partial charge in [-0.25, -0.2) is 4.79 Å². The number of esters is 1. The molecule has 2 heterocycles. The minimum Gasteiger partial charge on any atom is -0.489 e. The highest BCUT2D eigenvalue weighted by Gasteiger charge is 2.19. The number of carbonyl (C=O) groups is 1. The van der Waals surface area contributed by atoms with Crippen molar-refractivity contribution >= 4 is 23.0 Å². The summed E-state index contributed by atoms with van der Waals surface area (Å²) in [5.41, 5.74) is 1.34. The molecule has 0 unspecified atom stereocenters. The maximum atomic E-state index is 12.1. The van der Waals surface area contributed by atoms with E-state index in [9.17, 15) is 4.79 Å². The Morgan fingerprint density at radius 3 is 3.15 bits per heavy atom. The Hall–Kier alpha value is -2.01. The zero-order valence-corrected chi connectivity index (χ0v) is 11.7. The van der Waals surface area contributed by atoms with Crippen molar-refractivity contribution < 1.29 is 14.3 Å². The molecular formula is C15H15NO3S. The summed E-state index contributed by atoms with van der Waals surface area (Å²) in [6.45, 7) is 1.70. The van der Waals surface area contributed by atoms with E-state index in [2.05, 4.69) is 5.32 Å². The molecule has 4 nitrogen and oxygen atoms in total. The first-order chi connectivity index (χ1) is 9.84. The van der Waals surface area contributed by atoms with Crippen LogP contribution in [0.15, 0.2) is 35.7 Å². The van der Waals surface area contributed by atoms with Crippen molar-refractivity contribution in [1.82, 2.24) is 0 Å². The molecule has 1 aliphatic heterocycles. The molecule has 0 bridgehead atoms. The maximum Gasteiger partial charge on any atom is 0.342 e. The fourth-order valence-corrected chi connectivity index (χ4v) is 2.80. The summed E-state index contributed by atoms with van der Waals surface area (Å²) in [7, 11) is 0. The highest BCUT2D eigenvalue weighted by atomic mass is 32.1. The van der Waals surface area contributed by atoms with Crippen molar-refractivity contribution in [2.75, 3.05) is 25.1 Å². The second kappa shape index (κ2) is 5.96. The summed E-state index contributed by atoms with van der Waals surface area (Å²) in [5.74, 6) is 0.266. The first-order valence-electron chi connectivity index (χ1n) is 6.54. The van der Waals surface area contributed by atoms with E-state index < -0.39 is 0 Å². The molecule has 0 radical (unpaired) electrons. The molecule has 1 aromatic carbocycles. The van der Waals surface area contributed by atoms with Crippen LogP contribution in [0.2, 0.25) is 0 Å². The van der Waals surface area contributed by atoms with Crippen molar-refractivity contribution in [1.29, 1.82) is 0 Å². The van der Waals surface area contributed by atoms with Gasteiger partial charge in [-0.1, -0.05) is 12.1 Å². The number of para-hydroxylation sites is 1. The van der Waals surface area contributed by atoms with Gasteiger partial charge in [-0.2, -0.15) is 0 Å². The Bertz CT molecular complexity index is 595. The third kappa shape index (κ3) is 2.77. The van der Waals surface area contributed by atoms with E-state index in [0.29, 0.717) is 24.5 Å². The molecule has 0 fully saturated rings. The standard InChI is InChI=1S/C15H15NO3S/c17-15(19-8-6-11-3-2-10-20-11)12-4-1-5-13-14(12)18-9-7-16-13/h1-5,10,16H,6-9H2. The van der Waals surface area contributed by atoms with E-state index in [1.165, 1.54) is 4.88 Å². The van der Waals surface area contributed by atoms with Crippen molar-refractivity contribution in [3.63, 3.8) is 0 Å². The van der Waals surface area contributed by atoms with E-state index in [1.54, 1.807) is 17.4 Å². The van der Waals surface area contributed by atoms with E-state index in [4.69, 9.17) is 9.47 Å². The van der Waals surface area contributed by atoms with Crippen LogP contribution in [0.4, 0.5) is 5.69 Å². The van der Waals surface area contributed by atoms with Crippen LogP contribution in [0.3, 0.4) is 0 Å². The van der Waals surface area contributed by atoms with Gasteiger partial charge in [0.05, 0.1) is 12.3 Å². The molecule has 1 aromatic heterocycles. The average molecular weight is 289 g/mol. The molecule has 5 heteroatoms.